The van der Waals surface area contributed by atoms with Crippen LogP contribution in [0.25, 0.3) is 0 Å². The molecule has 0 heterocycles. The summed E-state index contributed by atoms with van der Waals surface area (Å²) in [6.07, 6.45) is 0.374. The molecule has 1 unspecified atom stereocenters. The fourth-order valence-corrected chi connectivity index (χ4v) is 2.93. The first kappa shape index (κ1) is 16.5. The van der Waals surface area contributed by atoms with Crippen LogP contribution in [0.4, 0.5) is 4.39 Å². The molecule has 0 bridgehead atoms. The summed E-state index contributed by atoms with van der Waals surface area (Å²) in [4.78, 5) is 0.0310. The summed E-state index contributed by atoms with van der Waals surface area (Å²) < 4.78 is 45.3. The number of sulfonamides is 1. The van der Waals surface area contributed by atoms with Crippen LogP contribution in [-0.2, 0) is 10.0 Å². The minimum Gasteiger partial charge on any atom is -0.489 e. The Bertz CT molecular complexity index is 687. The second kappa shape index (κ2) is 7.38. The molecule has 0 saturated heterocycles. The highest BCUT2D eigenvalue weighted by molar-refractivity contribution is 7.89. The molecular formula is C16H18FNO3S. The molecule has 6 heteroatoms. The molecule has 2 aromatic rings. The zero-order valence-corrected chi connectivity index (χ0v) is 13.0. The Hall–Kier alpha value is -1.92. The van der Waals surface area contributed by atoms with Crippen molar-refractivity contribution in [1.82, 2.24) is 4.72 Å². The van der Waals surface area contributed by atoms with E-state index in [-0.39, 0.29) is 17.5 Å². The summed E-state index contributed by atoms with van der Waals surface area (Å²) in [6, 6.07) is 13.9. The maximum absolute atomic E-state index is 12.9. The van der Waals surface area contributed by atoms with E-state index in [0.29, 0.717) is 12.2 Å². The van der Waals surface area contributed by atoms with Crippen LogP contribution in [-0.4, -0.2) is 21.1 Å². The molecule has 118 valence electrons. The molecule has 1 N–H and O–H groups in total. The van der Waals surface area contributed by atoms with E-state index in [2.05, 4.69) is 4.72 Å². The van der Waals surface area contributed by atoms with E-state index in [1.165, 1.54) is 12.1 Å². The van der Waals surface area contributed by atoms with E-state index in [1.54, 1.807) is 0 Å². The molecule has 2 aromatic carbocycles. The summed E-state index contributed by atoms with van der Waals surface area (Å²) in [5.74, 6) is 0.216. The van der Waals surface area contributed by atoms with Crippen LogP contribution in [0.3, 0.4) is 0 Å². The average molecular weight is 323 g/mol. The standard InChI is InChI=1S/C16H18FNO3S/c1-2-14(21-15-6-4-3-5-7-15)12-18-22(19,20)16-10-8-13(17)9-11-16/h3-11,14,18H,2,12H2,1H3. The van der Waals surface area contributed by atoms with Crippen molar-refractivity contribution in [2.24, 2.45) is 0 Å². The van der Waals surface area contributed by atoms with Gasteiger partial charge in [0.15, 0.2) is 0 Å². The highest BCUT2D eigenvalue weighted by Crippen LogP contribution is 2.13. The zero-order valence-electron chi connectivity index (χ0n) is 12.2. The van der Waals surface area contributed by atoms with Gasteiger partial charge in [0, 0.05) is 6.54 Å². The van der Waals surface area contributed by atoms with Gasteiger partial charge < -0.3 is 4.74 Å². The number of ether oxygens (including phenoxy) is 1. The van der Waals surface area contributed by atoms with E-state index in [9.17, 15) is 12.8 Å². The Morgan fingerprint density at radius 3 is 2.32 bits per heavy atom. The van der Waals surface area contributed by atoms with E-state index in [4.69, 9.17) is 4.74 Å². The second-order valence-electron chi connectivity index (χ2n) is 4.77. The lowest BCUT2D eigenvalue weighted by atomic mass is 10.2. The molecule has 0 saturated carbocycles. The van der Waals surface area contributed by atoms with Crippen molar-refractivity contribution < 1.29 is 17.5 Å². The Kier molecular flexibility index (Phi) is 5.51. The minimum atomic E-state index is -3.67. The molecule has 0 spiro atoms. The van der Waals surface area contributed by atoms with E-state index < -0.39 is 15.8 Å². The highest BCUT2D eigenvalue weighted by atomic mass is 32.2. The van der Waals surface area contributed by atoms with Gasteiger partial charge in [-0.2, -0.15) is 0 Å². The van der Waals surface area contributed by atoms with Gasteiger partial charge in [-0.3, -0.25) is 0 Å². The number of nitrogens with one attached hydrogen (secondary N) is 1. The molecular weight excluding hydrogens is 305 g/mol. The van der Waals surface area contributed by atoms with Crippen molar-refractivity contribution in [2.75, 3.05) is 6.54 Å². The van der Waals surface area contributed by atoms with Gasteiger partial charge in [-0.1, -0.05) is 25.1 Å². The van der Waals surface area contributed by atoms with Crippen LogP contribution in [0.2, 0.25) is 0 Å². The smallest absolute Gasteiger partial charge is 0.240 e. The van der Waals surface area contributed by atoms with Gasteiger partial charge in [0.25, 0.3) is 0 Å². The van der Waals surface area contributed by atoms with Crippen LogP contribution >= 0.6 is 0 Å². The summed E-state index contributed by atoms with van der Waals surface area (Å²) in [5.41, 5.74) is 0. The Morgan fingerprint density at radius 2 is 1.73 bits per heavy atom. The topological polar surface area (TPSA) is 55.4 Å². The largest absolute Gasteiger partial charge is 0.489 e. The van der Waals surface area contributed by atoms with Gasteiger partial charge in [0.1, 0.15) is 17.7 Å². The number of hydrogen-bond acceptors (Lipinski definition) is 3. The van der Waals surface area contributed by atoms with Crippen molar-refractivity contribution in [2.45, 2.75) is 24.3 Å². The molecule has 0 aliphatic heterocycles. The molecule has 4 nitrogen and oxygen atoms in total. The summed E-state index contributed by atoms with van der Waals surface area (Å²) >= 11 is 0. The molecule has 22 heavy (non-hydrogen) atoms. The van der Waals surface area contributed by atoms with E-state index in [1.807, 2.05) is 37.3 Å². The van der Waals surface area contributed by atoms with Gasteiger partial charge in [-0.15, -0.1) is 0 Å². The van der Waals surface area contributed by atoms with Gasteiger partial charge in [0.2, 0.25) is 10.0 Å². The van der Waals surface area contributed by atoms with E-state index >= 15 is 0 Å². The molecule has 1 atom stereocenters. The molecule has 0 fully saturated rings. The van der Waals surface area contributed by atoms with E-state index in [0.717, 1.165) is 12.1 Å². The molecule has 0 aromatic heterocycles. The summed E-state index contributed by atoms with van der Waals surface area (Å²) in [7, 11) is -3.67. The normalized spacial score (nSPS) is 12.8. The lowest BCUT2D eigenvalue weighted by Crippen LogP contribution is -2.35. The Balaban J connectivity index is 1.99. The maximum Gasteiger partial charge on any atom is 0.240 e. The lowest BCUT2D eigenvalue weighted by Gasteiger charge is -2.18. The minimum absolute atomic E-state index is 0.0310. The predicted molar refractivity (Wildman–Crippen MR) is 82.7 cm³/mol. The van der Waals surface area contributed by atoms with Crippen molar-refractivity contribution in [1.29, 1.82) is 0 Å². The van der Waals surface area contributed by atoms with Gasteiger partial charge in [-0.25, -0.2) is 17.5 Å². The first-order valence-corrected chi connectivity index (χ1v) is 8.46. The van der Waals surface area contributed by atoms with Gasteiger partial charge in [-0.05, 0) is 42.8 Å². The summed E-state index contributed by atoms with van der Waals surface area (Å²) in [6.45, 7) is 2.06. The number of para-hydroxylation sites is 1. The van der Waals surface area contributed by atoms with Crippen molar-refractivity contribution >= 4 is 10.0 Å². The fraction of sp³-hybridized carbons (Fsp3) is 0.250. The van der Waals surface area contributed by atoms with Crippen molar-refractivity contribution in [3.63, 3.8) is 0 Å². The first-order chi connectivity index (χ1) is 10.5. The fourth-order valence-electron chi connectivity index (χ4n) is 1.86. The number of benzene rings is 2. The first-order valence-electron chi connectivity index (χ1n) is 6.98. The summed E-state index contributed by atoms with van der Waals surface area (Å²) in [5, 5.41) is 0. The quantitative estimate of drug-likeness (QED) is 0.852. The van der Waals surface area contributed by atoms with Crippen LogP contribution in [0.1, 0.15) is 13.3 Å². The monoisotopic (exact) mass is 323 g/mol. The third-order valence-corrected chi connectivity index (χ3v) is 4.57. The van der Waals surface area contributed by atoms with Gasteiger partial charge >= 0.3 is 0 Å². The van der Waals surface area contributed by atoms with Crippen LogP contribution < -0.4 is 9.46 Å². The molecule has 0 amide bonds. The maximum atomic E-state index is 12.9. The molecule has 0 aliphatic carbocycles. The average Bonchev–Trinajstić information content (AvgIpc) is 2.53. The van der Waals surface area contributed by atoms with Gasteiger partial charge in [0.05, 0.1) is 4.90 Å². The van der Waals surface area contributed by atoms with Crippen LogP contribution in [0.15, 0.2) is 59.5 Å². The number of rotatable bonds is 7. The van der Waals surface area contributed by atoms with Crippen molar-refractivity contribution in [3.8, 4) is 5.75 Å². The zero-order chi connectivity index (χ0) is 16.0. The number of halogens is 1. The Labute approximate surface area is 130 Å². The molecule has 0 aliphatic rings. The highest BCUT2D eigenvalue weighted by Gasteiger charge is 2.17. The Morgan fingerprint density at radius 1 is 1.09 bits per heavy atom. The van der Waals surface area contributed by atoms with Crippen molar-refractivity contribution in [3.05, 3.63) is 60.4 Å². The molecule has 0 radical (unpaired) electrons. The van der Waals surface area contributed by atoms with Crippen LogP contribution in [0.5, 0.6) is 5.75 Å². The number of hydrogen-bond donors (Lipinski definition) is 1. The third-order valence-electron chi connectivity index (χ3n) is 3.13. The SMILES string of the molecule is CCC(CNS(=O)(=O)c1ccc(F)cc1)Oc1ccccc1. The second-order valence-corrected chi connectivity index (χ2v) is 6.53. The van der Waals surface area contributed by atoms with Crippen LogP contribution in [0, 0.1) is 5.82 Å². The predicted octanol–water partition coefficient (Wildman–Crippen LogP) is 2.96. The third kappa shape index (κ3) is 4.54. The molecule has 2 rings (SSSR count). The lowest BCUT2D eigenvalue weighted by molar-refractivity contribution is 0.200.